The van der Waals surface area contributed by atoms with Gasteiger partial charge in [-0.15, -0.1) is 0 Å². The molecule has 2 amide bonds. The molecule has 1 saturated heterocycles. The number of carbonyl (C=O) groups is 2. The second-order valence-corrected chi connectivity index (χ2v) is 7.12. The number of hydrogen-bond donors (Lipinski definition) is 1. The van der Waals surface area contributed by atoms with E-state index in [2.05, 4.69) is 5.32 Å². The second kappa shape index (κ2) is 8.19. The maximum atomic E-state index is 13.2. The van der Waals surface area contributed by atoms with E-state index in [4.69, 9.17) is 16.3 Å². The number of nitrogens with one attached hydrogen (secondary N) is 1. The first-order valence-corrected chi connectivity index (χ1v) is 9.45. The van der Waals surface area contributed by atoms with Crippen molar-refractivity contribution in [2.75, 3.05) is 13.2 Å². The summed E-state index contributed by atoms with van der Waals surface area (Å²) in [5.41, 5.74) is 0.718. The van der Waals surface area contributed by atoms with Gasteiger partial charge in [-0.3, -0.25) is 9.59 Å². The Morgan fingerprint density at radius 2 is 2.00 bits per heavy atom. The number of ether oxygens (including phenoxy) is 1. The molecule has 1 N–H and O–H groups in total. The Kier molecular flexibility index (Phi) is 5.97. The highest BCUT2D eigenvalue weighted by molar-refractivity contribution is 6.31. The number of benzene rings is 1. The number of halogens is 1. The van der Waals surface area contributed by atoms with Crippen LogP contribution in [0.5, 0.6) is 0 Å². The van der Waals surface area contributed by atoms with E-state index in [9.17, 15) is 9.59 Å². The molecule has 0 aromatic heterocycles. The molecule has 2 fully saturated rings. The summed E-state index contributed by atoms with van der Waals surface area (Å²) in [4.78, 5) is 27.0. The van der Waals surface area contributed by atoms with Crippen LogP contribution >= 0.6 is 11.6 Å². The number of amides is 2. The summed E-state index contributed by atoms with van der Waals surface area (Å²) in [7, 11) is 0. The summed E-state index contributed by atoms with van der Waals surface area (Å²) in [5.74, 6) is -0.283. The van der Waals surface area contributed by atoms with Gasteiger partial charge in [-0.1, -0.05) is 49.1 Å². The van der Waals surface area contributed by atoms with Gasteiger partial charge in [0.05, 0.1) is 6.04 Å². The average molecular weight is 365 g/mol. The fraction of sp³-hybridized carbons (Fsp3) is 0.579. The van der Waals surface area contributed by atoms with Gasteiger partial charge in [-0.2, -0.15) is 0 Å². The van der Waals surface area contributed by atoms with Crippen molar-refractivity contribution in [3.63, 3.8) is 0 Å². The zero-order chi connectivity index (χ0) is 17.8. The third-order valence-corrected chi connectivity index (χ3v) is 5.48. The number of nitrogens with zero attached hydrogens (tertiary/aromatic N) is 1. The minimum atomic E-state index is -0.737. The van der Waals surface area contributed by atoms with Gasteiger partial charge in [-0.05, 0) is 31.4 Å². The van der Waals surface area contributed by atoms with E-state index >= 15 is 0 Å². The van der Waals surface area contributed by atoms with Crippen molar-refractivity contribution in [3.05, 3.63) is 34.9 Å². The Balaban J connectivity index is 1.85. The van der Waals surface area contributed by atoms with Gasteiger partial charge >= 0.3 is 0 Å². The van der Waals surface area contributed by atoms with Crippen molar-refractivity contribution in [2.24, 2.45) is 0 Å². The minimum absolute atomic E-state index is 0.0562. The molecule has 2 atom stereocenters. The monoisotopic (exact) mass is 364 g/mol. The Morgan fingerprint density at radius 1 is 1.28 bits per heavy atom. The van der Waals surface area contributed by atoms with Gasteiger partial charge < -0.3 is 15.0 Å². The van der Waals surface area contributed by atoms with Gasteiger partial charge in [0.15, 0.2) is 6.10 Å². The molecule has 1 aromatic rings. The number of hydrogen-bond acceptors (Lipinski definition) is 3. The molecule has 0 radical (unpaired) electrons. The molecule has 0 spiro atoms. The average Bonchev–Trinajstić information content (AvgIpc) is 2.63. The molecule has 136 valence electrons. The van der Waals surface area contributed by atoms with Crippen LogP contribution in [0.4, 0.5) is 0 Å². The summed E-state index contributed by atoms with van der Waals surface area (Å²) in [6.45, 7) is 2.55. The molecule has 25 heavy (non-hydrogen) atoms. The Morgan fingerprint density at radius 3 is 2.68 bits per heavy atom. The van der Waals surface area contributed by atoms with E-state index in [0.29, 0.717) is 11.6 Å². The molecule has 5 nitrogen and oxygen atoms in total. The zero-order valence-corrected chi connectivity index (χ0v) is 15.3. The summed E-state index contributed by atoms with van der Waals surface area (Å²) in [6.07, 6.45) is 4.89. The fourth-order valence-electron chi connectivity index (χ4n) is 3.88. The molecule has 1 saturated carbocycles. The smallest absolute Gasteiger partial charge is 0.254 e. The van der Waals surface area contributed by atoms with Crippen LogP contribution in [0.1, 0.15) is 50.6 Å². The van der Waals surface area contributed by atoms with E-state index in [1.54, 1.807) is 6.07 Å². The summed E-state index contributed by atoms with van der Waals surface area (Å²) in [5, 5.41) is 3.42. The topological polar surface area (TPSA) is 58.6 Å². The number of morpholine rings is 1. The third-order valence-electron chi connectivity index (χ3n) is 5.14. The molecular weight excluding hydrogens is 340 g/mol. The summed E-state index contributed by atoms with van der Waals surface area (Å²) >= 11 is 6.31. The van der Waals surface area contributed by atoms with Crippen LogP contribution in [0.2, 0.25) is 5.02 Å². The first-order chi connectivity index (χ1) is 12.1. The highest BCUT2D eigenvalue weighted by atomic mass is 35.5. The highest BCUT2D eigenvalue weighted by Gasteiger charge is 2.40. The van der Waals surface area contributed by atoms with E-state index in [0.717, 1.165) is 31.2 Å². The van der Waals surface area contributed by atoms with Crippen LogP contribution in [0.25, 0.3) is 0 Å². The number of rotatable bonds is 4. The second-order valence-electron chi connectivity index (χ2n) is 6.71. The van der Waals surface area contributed by atoms with Crippen LogP contribution in [0, 0.1) is 0 Å². The van der Waals surface area contributed by atoms with E-state index in [1.165, 1.54) is 6.42 Å². The van der Waals surface area contributed by atoms with E-state index < -0.39 is 12.1 Å². The maximum absolute atomic E-state index is 13.2. The van der Waals surface area contributed by atoms with Crippen LogP contribution < -0.4 is 5.32 Å². The summed E-state index contributed by atoms with van der Waals surface area (Å²) < 4.78 is 5.69. The molecule has 1 heterocycles. The van der Waals surface area contributed by atoms with Gasteiger partial charge in [-0.25, -0.2) is 0 Å². The number of likely N-dealkylation sites (N-methyl/N-ethyl adjacent to an activating group) is 1. The third kappa shape index (κ3) is 3.98. The molecular formula is C19H25ClN2O3. The van der Waals surface area contributed by atoms with Gasteiger partial charge in [0.25, 0.3) is 5.91 Å². The Bertz CT molecular complexity index is 631. The lowest BCUT2D eigenvalue weighted by molar-refractivity contribution is -0.157. The highest BCUT2D eigenvalue weighted by Crippen LogP contribution is 2.31. The normalized spacial score (nSPS) is 24.6. The molecule has 3 rings (SSSR count). The lowest BCUT2D eigenvalue weighted by Crippen LogP contribution is -2.55. The van der Waals surface area contributed by atoms with E-state index in [-0.39, 0.29) is 24.5 Å². The molecule has 1 aliphatic carbocycles. The van der Waals surface area contributed by atoms with Crippen LogP contribution in [-0.2, 0) is 14.3 Å². The van der Waals surface area contributed by atoms with Crippen LogP contribution in [0.15, 0.2) is 24.3 Å². The summed E-state index contributed by atoms with van der Waals surface area (Å²) in [6, 6.07) is 6.98. The van der Waals surface area contributed by atoms with Crippen molar-refractivity contribution >= 4 is 23.4 Å². The van der Waals surface area contributed by atoms with E-state index in [1.807, 2.05) is 30.0 Å². The predicted molar refractivity (Wildman–Crippen MR) is 96.3 cm³/mol. The number of carbonyl (C=O) groups excluding carboxylic acids is 2. The quantitative estimate of drug-likeness (QED) is 0.893. The van der Waals surface area contributed by atoms with Crippen molar-refractivity contribution in [1.29, 1.82) is 0 Å². The SMILES string of the molecule is CCN(C(=O)[C@H]1OCC(=O)N[C@@H]1c1ccccc1Cl)C1CCCCC1. The van der Waals surface area contributed by atoms with Crippen molar-refractivity contribution < 1.29 is 14.3 Å². The van der Waals surface area contributed by atoms with Crippen molar-refractivity contribution in [3.8, 4) is 0 Å². The molecule has 6 heteroatoms. The first-order valence-electron chi connectivity index (χ1n) is 9.07. The van der Waals surface area contributed by atoms with Crippen molar-refractivity contribution in [1.82, 2.24) is 10.2 Å². The van der Waals surface area contributed by atoms with Gasteiger partial charge in [0, 0.05) is 17.6 Å². The largest absolute Gasteiger partial charge is 0.356 e. The van der Waals surface area contributed by atoms with Crippen LogP contribution in [0.3, 0.4) is 0 Å². The van der Waals surface area contributed by atoms with Gasteiger partial charge in [0.2, 0.25) is 5.91 Å². The lowest BCUT2D eigenvalue weighted by atomic mass is 9.92. The molecule has 1 aliphatic heterocycles. The van der Waals surface area contributed by atoms with Gasteiger partial charge in [0.1, 0.15) is 6.61 Å². The molecule has 0 bridgehead atoms. The Labute approximate surface area is 153 Å². The van der Waals surface area contributed by atoms with Crippen LogP contribution in [-0.4, -0.2) is 42.0 Å². The van der Waals surface area contributed by atoms with Crippen molar-refractivity contribution in [2.45, 2.75) is 57.2 Å². The fourth-order valence-corrected chi connectivity index (χ4v) is 4.14. The molecule has 2 aliphatic rings. The first kappa shape index (κ1) is 18.2. The Hall–Kier alpha value is -1.59. The predicted octanol–water partition coefficient (Wildman–Crippen LogP) is 3.08. The maximum Gasteiger partial charge on any atom is 0.254 e. The molecule has 0 unspecified atom stereocenters. The lowest BCUT2D eigenvalue weighted by Gasteiger charge is -2.39. The molecule has 1 aromatic carbocycles. The minimum Gasteiger partial charge on any atom is -0.356 e. The standard InChI is InChI=1S/C19H25ClN2O3/c1-2-22(13-8-4-3-5-9-13)19(24)18-17(21-16(23)12-25-18)14-10-6-7-11-15(14)20/h6-7,10-11,13,17-18H,2-5,8-9,12H2,1H3,(H,21,23)/t17-,18+/m1/s1. The zero-order valence-electron chi connectivity index (χ0n) is 14.5.